The molecule has 0 aliphatic carbocycles. The lowest BCUT2D eigenvalue weighted by atomic mass is 10.1. The molecule has 0 N–H and O–H groups in total. The quantitative estimate of drug-likeness (QED) is 0.557. The van der Waals surface area contributed by atoms with Crippen molar-refractivity contribution in [1.82, 2.24) is 0 Å². The van der Waals surface area contributed by atoms with Crippen molar-refractivity contribution in [3.8, 4) is 0 Å². The van der Waals surface area contributed by atoms with Gasteiger partial charge in [0.1, 0.15) is 5.78 Å². The number of carbonyl (C=O) groups is 1. The van der Waals surface area contributed by atoms with E-state index < -0.39 is 0 Å². The fraction of sp³-hybridized carbons (Fsp3) is 0.714. The molecule has 0 aromatic carbocycles. The summed E-state index contributed by atoms with van der Waals surface area (Å²) in [5, 5.41) is 0. The van der Waals surface area contributed by atoms with E-state index in [1.54, 1.807) is 6.29 Å². The van der Waals surface area contributed by atoms with Crippen molar-refractivity contribution >= 4 is 12.1 Å². The minimum atomic E-state index is 0.167. The van der Waals surface area contributed by atoms with Gasteiger partial charge in [-0.05, 0) is 6.42 Å². The van der Waals surface area contributed by atoms with Gasteiger partial charge in [-0.3, -0.25) is 9.59 Å². The molecule has 0 heterocycles. The third-order valence-electron chi connectivity index (χ3n) is 1.03. The van der Waals surface area contributed by atoms with E-state index >= 15 is 0 Å². The topological polar surface area (TPSA) is 34.1 Å². The number of carbonyl (C=O) groups excluding carboxylic acids is 2. The first-order valence-corrected chi connectivity index (χ1v) is 3.18. The highest BCUT2D eigenvalue weighted by atomic mass is 16.1. The van der Waals surface area contributed by atoms with Crippen molar-refractivity contribution < 1.29 is 9.59 Å². The van der Waals surface area contributed by atoms with Crippen LogP contribution in [0.15, 0.2) is 0 Å². The Bertz CT molecular complexity index is 97.1. The molecule has 0 rings (SSSR count). The maximum absolute atomic E-state index is 10.6. The van der Waals surface area contributed by atoms with E-state index in [0.717, 1.165) is 6.42 Å². The lowest BCUT2D eigenvalue weighted by Crippen LogP contribution is -1.95. The summed E-state index contributed by atoms with van der Waals surface area (Å²) in [6, 6.07) is 0. The van der Waals surface area contributed by atoms with Gasteiger partial charge in [-0.2, -0.15) is 0 Å². The number of hydrogen-bond acceptors (Lipinski definition) is 2. The smallest absolute Gasteiger partial charge is 0.198 e. The highest BCUT2D eigenvalue weighted by Gasteiger charge is 1.97. The Kier molecular flexibility index (Phi) is 5.07. The van der Waals surface area contributed by atoms with Crippen LogP contribution in [-0.4, -0.2) is 12.1 Å². The van der Waals surface area contributed by atoms with Gasteiger partial charge in [0.15, 0.2) is 6.29 Å². The van der Waals surface area contributed by atoms with Crippen LogP contribution in [0.5, 0.6) is 0 Å². The minimum Gasteiger partial charge on any atom is -0.300 e. The molecule has 0 aromatic heterocycles. The third-order valence-corrected chi connectivity index (χ3v) is 1.03. The maximum Gasteiger partial charge on any atom is 0.198 e. The zero-order valence-corrected chi connectivity index (χ0v) is 5.64. The van der Waals surface area contributed by atoms with E-state index in [9.17, 15) is 9.59 Å². The summed E-state index contributed by atoms with van der Waals surface area (Å²) in [7, 11) is 0. The molecule has 2 nitrogen and oxygen atoms in total. The number of Topliss-reactive ketones (excluding diaryl/α,β-unsaturated/α-hetero) is 1. The highest BCUT2D eigenvalue weighted by molar-refractivity contribution is 5.80. The van der Waals surface area contributed by atoms with Crippen LogP contribution < -0.4 is 0 Å². The Morgan fingerprint density at radius 1 is 1.44 bits per heavy atom. The SMILES string of the molecule is CCCC(=O)CC[C]=O. The van der Waals surface area contributed by atoms with Gasteiger partial charge >= 0.3 is 0 Å². The highest BCUT2D eigenvalue weighted by Crippen LogP contribution is 1.95. The summed E-state index contributed by atoms with van der Waals surface area (Å²) < 4.78 is 0. The Balaban J connectivity index is 3.16. The monoisotopic (exact) mass is 127 g/mol. The second kappa shape index (κ2) is 5.48. The van der Waals surface area contributed by atoms with Gasteiger partial charge in [-0.1, -0.05) is 6.92 Å². The van der Waals surface area contributed by atoms with Gasteiger partial charge in [0.2, 0.25) is 0 Å². The lowest BCUT2D eigenvalue weighted by Gasteiger charge is -1.90. The average Bonchev–Trinajstić information content (AvgIpc) is 1.85. The van der Waals surface area contributed by atoms with Gasteiger partial charge in [-0.15, -0.1) is 0 Å². The summed E-state index contributed by atoms with van der Waals surface area (Å²) in [5.74, 6) is 0.167. The summed E-state index contributed by atoms with van der Waals surface area (Å²) >= 11 is 0. The number of hydrogen-bond donors (Lipinski definition) is 0. The first-order valence-electron chi connectivity index (χ1n) is 3.18. The zero-order chi connectivity index (χ0) is 7.11. The molecule has 0 bridgehead atoms. The normalized spacial score (nSPS) is 9.00. The molecule has 51 valence electrons. The van der Waals surface area contributed by atoms with Gasteiger partial charge in [0, 0.05) is 19.3 Å². The summed E-state index contributed by atoms with van der Waals surface area (Å²) in [5.41, 5.74) is 0. The van der Waals surface area contributed by atoms with E-state index in [1.807, 2.05) is 6.92 Å². The van der Waals surface area contributed by atoms with Crippen LogP contribution in [0, 0.1) is 0 Å². The molecule has 0 aromatic rings. The Morgan fingerprint density at radius 2 is 2.11 bits per heavy atom. The summed E-state index contributed by atoms with van der Waals surface area (Å²) in [6.45, 7) is 1.95. The minimum absolute atomic E-state index is 0.167. The Morgan fingerprint density at radius 3 is 2.56 bits per heavy atom. The van der Waals surface area contributed by atoms with E-state index in [2.05, 4.69) is 0 Å². The molecule has 1 radical (unpaired) electrons. The Labute approximate surface area is 55.3 Å². The van der Waals surface area contributed by atoms with Crippen LogP contribution in [0.25, 0.3) is 0 Å². The Hall–Kier alpha value is -0.660. The van der Waals surface area contributed by atoms with Crippen LogP contribution in [0.3, 0.4) is 0 Å². The molecule has 0 spiro atoms. The molecule has 0 fully saturated rings. The van der Waals surface area contributed by atoms with E-state index in [0.29, 0.717) is 12.8 Å². The molecule has 0 aliphatic heterocycles. The van der Waals surface area contributed by atoms with Crippen molar-refractivity contribution in [3.63, 3.8) is 0 Å². The molecule has 0 saturated carbocycles. The molecule has 0 aliphatic rings. The van der Waals surface area contributed by atoms with Crippen molar-refractivity contribution in [1.29, 1.82) is 0 Å². The lowest BCUT2D eigenvalue weighted by molar-refractivity contribution is -0.118. The van der Waals surface area contributed by atoms with Crippen molar-refractivity contribution in [2.24, 2.45) is 0 Å². The van der Waals surface area contributed by atoms with Gasteiger partial charge in [0.05, 0.1) is 0 Å². The van der Waals surface area contributed by atoms with Crippen LogP contribution in [0.4, 0.5) is 0 Å². The average molecular weight is 127 g/mol. The second-order valence-electron chi connectivity index (χ2n) is 1.93. The number of ketones is 1. The van der Waals surface area contributed by atoms with Gasteiger partial charge in [-0.25, -0.2) is 0 Å². The fourth-order valence-corrected chi connectivity index (χ4v) is 0.594. The largest absolute Gasteiger partial charge is 0.300 e. The summed E-state index contributed by atoms with van der Waals surface area (Å²) in [6.07, 6.45) is 3.79. The van der Waals surface area contributed by atoms with Crippen molar-refractivity contribution in [2.45, 2.75) is 32.6 Å². The summed E-state index contributed by atoms with van der Waals surface area (Å²) in [4.78, 5) is 20.3. The first kappa shape index (κ1) is 8.34. The molecule has 0 amide bonds. The zero-order valence-electron chi connectivity index (χ0n) is 5.64. The molecule has 0 saturated heterocycles. The number of rotatable bonds is 5. The van der Waals surface area contributed by atoms with Gasteiger partial charge in [0.25, 0.3) is 0 Å². The molecule has 0 atom stereocenters. The van der Waals surface area contributed by atoms with E-state index in [4.69, 9.17) is 0 Å². The van der Waals surface area contributed by atoms with Crippen LogP contribution >= 0.6 is 0 Å². The molecule has 2 heteroatoms. The predicted octanol–water partition coefficient (Wildman–Crippen LogP) is 1.25. The molecule has 9 heavy (non-hydrogen) atoms. The second-order valence-corrected chi connectivity index (χ2v) is 1.93. The van der Waals surface area contributed by atoms with Crippen molar-refractivity contribution in [3.05, 3.63) is 0 Å². The standard InChI is InChI=1S/C7H11O2/c1-2-4-7(9)5-3-6-8/h2-5H2,1H3. The van der Waals surface area contributed by atoms with Crippen LogP contribution in [-0.2, 0) is 9.59 Å². The third kappa shape index (κ3) is 5.21. The van der Waals surface area contributed by atoms with E-state index in [1.165, 1.54) is 0 Å². The van der Waals surface area contributed by atoms with Crippen LogP contribution in [0.2, 0.25) is 0 Å². The predicted molar refractivity (Wildman–Crippen MR) is 34.8 cm³/mol. The molecular formula is C7H11O2. The van der Waals surface area contributed by atoms with Crippen molar-refractivity contribution in [2.75, 3.05) is 0 Å². The molecular weight excluding hydrogens is 116 g/mol. The maximum atomic E-state index is 10.6. The van der Waals surface area contributed by atoms with Gasteiger partial charge < -0.3 is 0 Å². The first-order chi connectivity index (χ1) is 4.31. The van der Waals surface area contributed by atoms with E-state index in [-0.39, 0.29) is 12.2 Å². The molecule has 0 unspecified atom stereocenters. The fourth-order valence-electron chi connectivity index (χ4n) is 0.594. The van der Waals surface area contributed by atoms with Crippen LogP contribution in [0.1, 0.15) is 32.6 Å².